The Balaban J connectivity index is 3.09. The van der Waals surface area contributed by atoms with E-state index in [1.54, 1.807) is 12.1 Å². The molecule has 0 unspecified atom stereocenters. The summed E-state index contributed by atoms with van der Waals surface area (Å²) in [6, 6.07) is 6.06. The van der Waals surface area contributed by atoms with Crippen molar-refractivity contribution in [3.05, 3.63) is 29.8 Å². The molecule has 0 bridgehead atoms. The van der Waals surface area contributed by atoms with E-state index < -0.39 is 10.0 Å². The summed E-state index contributed by atoms with van der Waals surface area (Å²) in [6.07, 6.45) is 0.786. The van der Waals surface area contributed by atoms with Crippen molar-refractivity contribution in [1.29, 1.82) is 0 Å². The van der Waals surface area contributed by atoms with Crippen LogP contribution in [0.25, 0.3) is 0 Å². The van der Waals surface area contributed by atoms with E-state index in [9.17, 15) is 13.2 Å². The first-order chi connectivity index (χ1) is 9.10. The van der Waals surface area contributed by atoms with Gasteiger partial charge in [-0.1, -0.05) is 13.0 Å². The number of benzene rings is 1. The average molecular weight is 298 g/mol. The second kappa shape index (κ2) is 5.93. The molecule has 112 valence electrons. The molecular weight excluding hydrogens is 276 g/mol. The minimum absolute atomic E-state index is 0.115. The monoisotopic (exact) mass is 298 g/mol. The van der Waals surface area contributed by atoms with Crippen molar-refractivity contribution in [2.24, 2.45) is 0 Å². The van der Waals surface area contributed by atoms with E-state index in [1.807, 2.05) is 20.8 Å². The van der Waals surface area contributed by atoms with Gasteiger partial charge in [0.1, 0.15) is 0 Å². The van der Waals surface area contributed by atoms with Crippen LogP contribution in [0.3, 0.4) is 0 Å². The maximum atomic E-state index is 12.1. The van der Waals surface area contributed by atoms with Crippen molar-refractivity contribution in [3.8, 4) is 0 Å². The van der Waals surface area contributed by atoms with E-state index in [0.29, 0.717) is 5.56 Å². The fourth-order valence-corrected chi connectivity index (χ4v) is 2.42. The lowest BCUT2D eigenvalue weighted by molar-refractivity contribution is 0.0911. The quantitative estimate of drug-likeness (QED) is 0.902. The normalized spacial score (nSPS) is 12.5. The van der Waals surface area contributed by atoms with Crippen LogP contribution in [0, 0.1) is 0 Å². The van der Waals surface area contributed by atoms with Crippen LogP contribution in [0.1, 0.15) is 37.6 Å². The number of hydrogen-bond acceptors (Lipinski definition) is 3. The van der Waals surface area contributed by atoms with Crippen molar-refractivity contribution in [1.82, 2.24) is 9.62 Å². The predicted molar refractivity (Wildman–Crippen MR) is 79.2 cm³/mol. The highest BCUT2D eigenvalue weighted by Crippen LogP contribution is 2.16. The molecule has 0 heterocycles. The van der Waals surface area contributed by atoms with Crippen LogP contribution < -0.4 is 5.32 Å². The number of nitrogens with zero attached hydrogens (tertiary/aromatic N) is 1. The standard InChI is InChI=1S/C14H22N2O3S/c1-6-14(2,3)15-13(17)11-8-7-9-12(10-11)20(18,19)16(4)5/h7-10H,6H2,1-5H3,(H,15,17). The van der Waals surface area contributed by atoms with E-state index in [0.717, 1.165) is 10.7 Å². The topological polar surface area (TPSA) is 66.5 Å². The molecular formula is C14H22N2O3S. The summed E-state index contributed by atoms with van der Waals surface area (Å²) in [4.78, 5) is 12.3. The Labute approximate surface area is 121 Å². The van der Waals surface area contributed by atoms with Crippen LogP contribution in [-0.4, -0.2) is 38.3 Å². The SMILES string of the molecule is CCC(C)(C)NC(=O)c1cccc(S(=O)(=O)N(C)C)c1. The highest BCUT2D eigenvalue weighted by Gasteiger charge is 2.21. The number of hydrogen-bond donors (Lipinski definition) is 1. The lowest BCUT2D eigenvalue weighted by atomic mass is 10.0. The molecule has 0 spiro atoms. The van der Waals surface area contributed by atoms with Gasteiger partial charge in [-0.15, -0.1) is 0 Å². The summed E-state index contributed by atoms with van der Waals surface area (Å²) in [7, 11) is -0.608. The average Bonchev–Trinajstić information content (AvgIpc) is 2.38. The van der Waals surface area contributed by atoms with E-state index in [-0.39, 0.29) is 16.3 Å². The Morgan fingerprint density at radius 3 is 2.40 bits per heavy atom. The minimum atomic E-state index is -3.53. The number of carbonyl (C=O) groups is 1. The molecule has 1 aromatic rings. The predicted octanol–water partition coefficient (Wildman–Crippen LogP) is 1.86. The van der Waals surface area contributed by atoms with Gasteiger partial charge in [0, 0.05) is 25.2 Å². The second-order valence-corrected chi connectivity index (χ2v) is 7.66. The molecule has 5 nitrogen and oxygen atoms in total. The Kier molecular flexibility index (Phi) is 4.94. The zero-order valence-electron chi connectivity index (χ0n) is 12.6. The van der Waals surface area contributed by atoms with Crippen LogP contribution in [0.2, 0.25) is 0 Å². The highest BCUT2D eigenvalue weighted by molar-refractivity contribution is 7.89. The second-order valence-electron chi connectivity index (χ2n) is 5.51. The van der Waals surface area contributed by atoms with Crippen LogP contribution in [-0.2, 0) is 10.0 Å². The Hall–Kier alpha value is -1.40. The summed E-state index contributed by atoms with van der Waals surface area (Å²) in [5.74, 6) is -0.271. The van der Waals surface area contributed by atoms with Gasteiger partial charge in [-0.25, -0.2) is 12.7 Å². The first-order valence-corrected chi connectivity index (χ1v) is 7.89. The van der Waals surface area contributed by atoms with Gasteiger partial charge in [-0.2, -0.15) is 0 Å². The molecule has 0 atom stereocenters. The fraction of sp³-hybridized carbons (Fsp3) is 0.500. The third-order valence-corrected chi connectivity index (χ3v) is 5.02. The molecule has 0 saturated heterocycles. The largest absolute Gasteiger partial charge is 0.347 e. The Morgan fingerprint density at radius 1 is 1.30 bits per heavy atom. The van der Waals surface area contributed by atoms with Gasteiger partial charge in [0.05, 0.1) is 4.90 Å². The lowest BCUT2D eigenvalue weighted by Crippen LogP contribution is -2.42. The molecule has 0 aromatic heterocycles. The third kappa shape index (κ3) is 3.80. The molecule has 0 fully saturated rings. The summed E-state index contributed by atoms with van der Waals surface area (Å²) in [5.41, 5.74) is 0.0162. The summed E-state index contributed by atoms with van der Waals surface area (Å²) in [6.45, 7) is 5.82. The number of rotatable bonds is 5. The molecule has 20 heavy (non-hydrogen) atoms. The van der Waals surface area contributed by atoms with Gasteiger partial charge in [0.25, 0.3) is 5.91 Å². The first kappa shape index (κ1) is 16.7. The van der Waals surface area contributed by atoms with Gasteiger partial charge in [0.2, 0.25) is 10.0 Å². The van der Waals surface area contributed by atoms with Crippen molar-refractivity contribution in [2.75, 3.05) is 14.1 Å². The van der Waals surface area contributed by atoms with Crippen molar-refractivity contribution >= 4 is 15.9 Å². The van der Waals surface area contributed by atoms with Gasteiger partial charge >= 0.3 is 0 Å². The maximum Gasteiger partial charge on any atom is 0.251 e. The Morgan fingerprint density at radius 2 is 1.90 bits per heavy atom. The molecule has 1 N–H and O–H groups in total. The smallest absolute Gasteiger partial charge is 0.251 e. The fourth-order valence-electron chi connectivity index (χ4n) is 1.48. The number of sulfonamides is 1. The van der Waals surface area contributed by atoms with Crippen LogP contribution in [0.15, 0.2) is 29.2 Å². The van der Waals surface area contributed by atoms with Gasteiger partial charge in [-0.05, 0) is 38.5 Å². The van der Waals surface area contributed by atoms with Crippen LogP contribution in [0.5, 0.6) is 0 Å². The molecule has 1 amide bonds. The molecule has 0 saturated carbocycles. The van der Waals surface area contributed by atoms with Crippen LogP contribution in [0.4, 0.5) is 0 Å². The number of carbonyl (C=O) groups excluding carboxylic acids is 1. The molecule has 0 radical (unpaired) electrons. The van der Waals surface area contributed by atoms with Gasteiger partial charge in [0.15, 0.2) is 0 Å². The van der Waals surface area contributed by atoms with E-state index in [4.69, 9.17) is 0 Å². The Bertz CT molecular complexity index is 592. The molecule has 6 heteroatoms. The van der Waals surface area contributed by atoms with Crippen molar-refractivity contribution in [2.45, 2.75) is 37.6 Å². The third-order valence-electron chi connectivity index (χ3n) is 3.21. The first-order valence-electron chi connectivity index (χ1n) is 6.45. The molecule has 1 aromatic carbocycles. The summed E-state index contributed by atoms with van der Waals surface area (Å²) < 4.78 is 25.2. The van der Waals surface area contributed by atoms with Crippen molar-refractivity contribution in [3.63, 3.8) is 0 Å². The molecule has 0 aliphatic heterocycles. The van der Waals surface area contributed by atoms with E-state index >= 15 is 0 Å². The minimum Gasteiger partial charge on any atom is -0.347 e. The molecule has 0 aliphatic rings. The zero-order chi connectivity index (χ0) is 15.6. The number of nitrogens with one attached hydrogen (secondary N) is 1. The highest BCUT2D eigenvalue weighted by atomic mass is 32.2. The van der Waals surface area contributed by atoms with Crippen molar-refractivity contribution < 1.29 is 13.2 Å². The lowest BCUT2D eigenvalue weighted by Gasteiger charge is -2.24. The summed E-state index contributed by atoms with van der Waals surface area (Å²) >= 11 is 0. The van der Waals surface area contributed by atoms with Gasteiger partial charge < -0.3 is 5.32 Å². The van der Waals surface area contributed by atoms with E-state index in [2.05, 4.69) is 5.32 Å². The zero-order valence-corrected chi connectivity index (χ0v) is 13.4. The van der Waals surface area contributed by atoms with Crippen LogP contribution >= 0.6 is 0 Å². The molecule has 1 rings (SSSR count). The summed E-state index contributed by atoms with van der Waals surface area (Å²) in [5, 5.41) is 2.88. The molecule has 0 aliphatic carbocycles. The van der Waals surface area contributed by atoms with E-state index in [1.165, 1.54) is 26.2 Å². The number of amides is 1. The maximum absolute atomic E-state index is 12.1. The van der Waals surface area contributed by atoms with Gasteiger partial charge in [-0.3, -0.25) is 4.79 Å².